The zero-order valence-electron chi connectivity index (χ0n) is 20.3. The molecule has 0 saturated heterocycles. The molecule has 3 N–H and O–H groups in total. The molecule has 2 amide bonds. The Bertz CT molecular complexity index is 887. The third-order valence-electron chi connectivity index (χ3n) is 7.84. The van der Waals surface area contributed by atoms with Gasteiger partial charge in [-0.3, -0.25) is 9.59 Å². The highest BCUT2D eigenvalue weighted by atomic mass is 32.1. The molecule has 4 rings (SSSR count). The topological polar surface area (TPSA) is 91.3 Å². The standard InChI is InChI=1S/C25H39N3O3S/c1-13(22(31)26-15-7-8-15)16-9-10-25(6)11-17-20(14(2)19(25)21(16)30)28-23(32-17)27-18(29)12-24(3,4)5/h13-16,19,21,30H,7-12H2,1-6H3,(H,26,31)(H,27,28,29). The molecule has 0 aromatic carbocycles. The van der Waals surface area contributed by atoms with Gasteiger partial charge in [0.25, 0.3) is 0 Å². The van der Waals surface area contributed by atoms with E-state index in [0.29, 0.717) is 17.6 Å². The fourth-order valence-corrected chi connectivity index (χ4v) is 7.28. The van der Waals surface area contributed by atoms with Crippen LogP contribution in [0, 0.1) is 28.6 Å². The van der Waals surface area contributed by atoms with Crippen molar-refractivity contribution in [2.45, 2.75) is 98.1 Å². The largest absolute Gasteiger partial charge is 0.392 e. The van der Waals surface area contributed by atoms with Crippen LogP contribution in [0.5, 0.6) is 0 Å². The Morgan fingerprint density at radius 2 is 1.97 bits per heavy atom. The summed E-state index contributed by atoms with van der Waals surface area (Å²) in [6, 6.07) is 0.342. The van der Waals surface area contributed by atoms with Gasteiger partial charge in [0.1, 0.15) is 0 Å². The van der Waals surface area contributed by atoms with Crippen molar-refractivity contribution in [2.24, 2.45) is 28.6 Å². The van der Waals surface area contributed by atoms with E-state index in [1.807, 2.05) is 6.92 Å². The van der Waals surface area contributed by atoms with Crippen LogP contribution in [0.2, 0.25) is 0 Å². The number of carbonyl (C=O) groups excluding carboxylic acids is 2. The van der Waals surface area contributed by atoms with Gasteiger partial charge in [-0.2, -0.15) is 0 Å². The van der Waals surface area contributed by atoms with Gasteiger partial charge in [-0.1, -0.05) is 41.5 Å². The van der Waals surface area contributed by atoms with Crippen LogP contribution in [0.4, 0.5) is 5.13 Å². The molecular formula is C25H39N3O3S. The summed E-state index contributed by atoms with van der Waals surface area (Å²) in [5, 5.41) is 18.3. The Kier molecular flexibility index (Phi) is 6.21. The Balaban J connectivity index is 1.51. The molecule has 6 unspecified atom stereocenters. The van der Waals surface area contributed by atoms with Crippen molar-refractivity contribution in [3.63, 3.8) is 0 Å². The quantitative estimate of drug-likeness (QED) is 0.603. The average molecular weight is 462 g/mol. The molecule has 6 nitrogen and oxygen atoms in total. The predicted molar refractivity (Wildman–Crippen MR) is 128 cm³/mol. The molecule has 0 bridgehead atoms. The summed E-state index contributed by atoms with van der Waals surface area (Å²) >= 11 is 1.59. The molecule has 1 aromatic heterocycles. The van der Waals surface area contributed by atoms with Crippen LogP contribution < -0.4 is 10.6 Å². The fraction of sp³-hybridized carbons (Fsp3) is 0.800. The molecular weight excluding hydrogens is 422 g/mol. The third-order valence-corrected chi connectivity index (χ3v) is 8.83. The summed E-state index contributed by atoms with van der Waals surface area (Å²) in [6.45, 7) is 12.6. The number of rotatable bonds is 5. The summed E-state index contributed by atoms with van der Waals surface area (Å²) in [5.41, 5.74) is 0.922. The van der Waals surface area contributed by atoms with Gasteiger partial charge in [0.15, 0.2) is 5.13 Å². The molecule has 1 aromatic rings. The van der Waals surface area contributed by atoms with Gasteiger partial charge in [-0.25, -0.2) is 4.98 Å². The van der Waals surface area contributed by atoms with Gasteiger partial charge in [0.2, 0.25) is 11.8 Å². The lowest BCUT2D eigenvalue weighted by molar-refractivity contribution is -0.134. The number of anilines is 1. The first-order valence-corrected chi connectivity index (χ1v) is 13.0. The average Bonchev–Trinajstić information content (AvgIpc) is 3.38. The second-order valence-corrected chi connectivity index (χ2v) is 13.1. The van der Waals surface area contributed by atoms with Crippen LogP contribution in [0.3, 0.4) is 0 Å². The Hall–Kier alpha value is -1.47. The highest BCUT2D eigenvalue weighted by Crippen LogP contribution is 2.57. The minimum Gasteiger partial charge on any atom is -0.392 e. The molecule has 6 atom stereocenters. The van der Waals surface area contributed by atoms with Crippen LogP contribution in [-0.2, 0) is 16.0 Å². The van der Waals surface area contributed by atoms with Gasteiger partial charge < -0.3 is 15.7 Å². The van der Waals surface area contributed by atoms with Crippen LogP contribution >= 0.6 is 11.3 Å². The maximum Gasteiger partial charge on any atom is 0.226 e. The van der Waals surface area contributed by atoms with Crippen molar-refractivity contribution >= 4 is 28.3 Å². The first kappa shape index (κ1) is 23.7. The lowest BCUT2D eigenvalue weighted by atomic mass is 9.53. The second kappa shape index (κ2) is 8.39. The molecule has 3 aliphatic rings. The Labute approximate surface area is 196 Å². The van der Waals surface area contributed by atoms with Crippen LogP contribution in [0.15, 0.2) is 0 Å². The maximum atomic E-state index is 12.7. The first-order chi connectivity index (χ1) is 14.9. The van der Waals surface area contributed by atoms with E-state index in [-0.39, 0.29) is 46.3 Å². The third kappa shape index (κ3) is 4.74. The first-order valence-electron chi connectivity index (χ1n) is 12.2. The molecule has 0 spiro atoms. The number of nitrogens with one attached hydrogen (secondary N) is 2. The van der Waals surface area contributed by atoms with Crippen molar-refractivity contribution in [1.29, 1.82) is 0 Å². The summed E-state index contributed by atoms with van der Waals surface area (Å²) in [5.74, 6) is 0.0130. The Morgan fingerprint density at radius 3 is 2.59 bits per heavy atom. The van der Waals surface area contributed by atoms with E-state index in [1.54, 1.807) is 11.3 Å². The predicted octanol–water partition coefficient (Wildman–Crippen LogP) is 4.49. The van der Waals surface area contributed by atoms with E-state index in [2.05, 4.69) is 45.3 Å². The van der Waals surface area contributed by atoms with Crippen LogP contribution in [-0.4, -0.2) is 34.1 Å². The number of hydrogen-bond donors (Lipinski definition) is 3. The van der Waals surface area contributed by atoms with Crippen molar-refractivity contribution in [3.8, 4) is 0 Å². The molecule has 3 aliphatic carbocycles. The van der Waals surface area contributed by atoms with E-state index in [1.165, 1.54) is 4.88 Å². The number of carbonyl (C=O) groups is 2. The molecule has 1 heterocycles. The summed E-state index contributed by atoms with van der Waals surface area (Å²) < 4.78 is 0. The van der Waals surface area contributed by atoms with Crippen molar-refractivity contribution in [1.82, 2.24) is 10.3 Å². The molecule has 2 saturated carbocycles. The molecule has 0 radical (unpaired) electrons. The summed E-state index contributed by atoms with van der Waals surface area (Å²) in [6.07, 6.45) is 4.80. The SMILES string of the molecule is CC(C(=O)NC1CC1)C1CCC2(C)Cc3sc(NC(=O)CC(C)(C)C)nc3C(C)C2C1O. The lowest BCUT2D eigenvalue weighted by Crippen LogP contribution is -2.53. The second-order valence-electron chi connectivity index (χ2n) is 12.0. The normalized spacial score (nSPS) is 33.1. The number of amides is 2. The van der Waals surface area contributed by atoms with Gasteiger partial charge in [-0.05, 0) is 54.8 Å². The lowest BCUT2D eigenvalue weighted by Gasteiger charge is -2.53. The van der Waals surface area contributed by atoms with Gasteiger partial charge in [-0.15, -0.1) is 11.3 Å². The smallest absolute Gasteiger partial charge is 0.226 e. The maximum absolute atomic E-state index is 12.7. The molecule has 32 heavy (non-hydrogen) atoms. The van der Waals surface area contributed by atoms with Crippen molar-refractivity contribution in [2.75, 3.05) is 5.32 Å². The minimum absolute atomic E-state index is 0.00419. The fourth-order valence-electron chi connectivity index (χ4n) is 6.00. The van der Waals surface area contributed by atoms with E-state index in [0.717, 1.165) is 37.8 Å². The van der Waals surface area contributed by atoms with E-state index >= 15 is 0 Å². The summed E-state index contributed by atoms with van der Waals surface area (Å²) in [7, 11) is 0. The highest BCUT2D eigenvalue weighted by molar-refractivity contribution is 7.15. The number of aliphatic hydroxyl groups excluding tert-OH is 1. The minimum atomic E-state index is -0.530. The van der Waals surface area contributed by atoms with Crippen LogP contribution in [0.1, 0.15) is 90.1 Å². The number of hydrogen-bond acceptors (Lipinski definition) is 5. The van der Waals surface area contributed by atoms with Gasteiger partial charge in [0, 0.05) is 29.2 Å². The van der Waals surface area contributed by atoms with Crippen molar-refractivity contribution in [3.05, 3.63) is 10.6 Å². The number of nitrogens with zero attached hydrogens (tertiary/aromatic N) is 1. The monoisotopic (exact) mass is 461 g/mol. The zero-order valence-corrected chi connectivity index (χ0v) is 21.1. The van der Waals surface area contributed by atoms with E-state index in [9.17, 15) is 14.7 Å². The van der Waals surface area contributed by atoms with E-state index < -0.39 is 6.10 Å². The molecule has 2 fully saturated rings. The van der Waals surface area contributed by atoms with E-state index in [4.69, 9.17) is 4.98 Å². The number of thiazole rings is 1. The van der Waals surface area contributed by atoms with Crippen LogP contribution in [0.25, 0.3) is 0 Å². The van der Waals surface area contributed by atoms with Gasteiger partial charge in [0.05, 0.1) is 11.8 Å². The number of aliphatic hydroxyl groups is 1. The molecule has 178 valence electrons. The molecule has 0 aliphatic heterocycles. The zero-order chi connectivity index (χ0) is 23.4. The highest BCUT2D eigenvalue weighted by Gasteiger charge is 2.54. The van der Waals surface area contributed by atoms with Crippen molar-refractivity contribution < 1.29 is 14.7 Å². The summed E-state index contributed by atoms with van der Waals surface area (Å²) in [4.78, 5) is 31.2. The number of aromatic nitrogens is 1. The van der Waals surface area contributed by atoms with Gasteiger partial charge >= 0.3 is 0 Å². The number of fused-ring (bicyclic) bond motifs is 2. The Morgan fingerprint density at radius 1 is 1.28 bits per heavy atom. The molecule has 7 heteroatoms.